The van der Waals surface area contributed by atoms with Crippen LogP contribution < -0.4 is 0 Å². The Hall–Kier alpha value is -0.980. The third-order valence-electron chi connectivity index (χ3n) is 3.65. The predicted octanol–water partition coefficient (Wildman–Crippen LogP) is 1.75. The van der Waals surface area contributed by atoms with Gasteiger partial charge in [-0.15, -0.1) is 0 Å². The molecule has 1 N–H and O–H groups in total. The molecular weight excluding hydrogens is 269 g/mol. The number of hydrogen-bond acceptors (Lipinski definition) is 3. The lowest BCUT2D eigenvalue weighted by Gasteiger charge is -2.34. The average molecular weight is 287 g/mol. The van der Waals surface area contributed by atoms with Gasteiger partial charge in [-0.05, 0) is 37.1 Å². The van der Waals surface area contributed by atoms with Crippen LogP contribution in [0.25, 0.3) is 0 Å². The molecule has 0 radical (unpaired) electrons. The van der Waals surface area contributed by atoms with Gasteiger partial charge >= 0.3 is 0 Å². The van der Waals surface area contributed by atoms with Crippen LogP contribution in [0.1, 0.15) is 25.7 Å². The molecule has 106 valence electrons. The second-order valence-electron chi connectivity index (χ2n) is 4.89. The van der Waals surface area contributed by atoms with E-state index in [0.717, 1.165) is 25.0 Å². The number of hydrogen-bond donors (Lipinski definition) is 1. The van der Waals surface area contributed by atoms with E-state index in [1.165, 1.54) is 23.5 Å². The first-order chi connectivity index (χ1) is 8.93. The molecule has 0 amide bonds. The molecule has 0 saturated heterocycles. The monoisotopic (exact) mass is 287 g/mol. The van der Waals surface area contributed by atoms with Crippen LogP contribution in [-0.2, 0) is 10.0 Å². The van der Waals surface area contributed by atoms with Crippen LogP contribution in [0.3, 0.4) is 0 Å². The summed E-state index contributed by atoms with van der Waals surface area (Å²) in [5, 5.41) is 9.93. The van der Waals surface area contributed by atoms with E-state index < -0.39 is 28.0 Å². The van der Waals surface area contributed by atoms with E-state index in [-0.39, 0.29) is 4.90 Å². The van der Waals surface area contributed by atoms with E-state index >= 15 is 0 Å². The van der Waals surface area contributed by atoms with Crippen molar-refractivity contribution in [3.8, 4) is 0 Å². The number of halogens is 1. The van der Waals surface area contributed by atoms with Crippen LogP contribution in [0.2, 0.25) is 0 Å². The van der Waals surface area contributed by atoms with Crippen molar-refractivity contribution in [3.63, 3.8) is 0 Å². The predicted molar refractivity (Wildman–Crippen MR) is 69.6 cm³/mol. The summed E-state index contributed by atoms with van der Waals surface area (Å²) in [7, 11) is -2.21. The first-order valence-corrected chi connectivity index (χ1v) is 7.78. The Bertz CT molecular complexity index is 529. The van der Waals surface area contributed by atoms with Crippen LogP contribution in [0.15, 0.2) is 29.2 Å². The van der Waals surface area contributed by atoms with Crippen molar-refractivity contribution < 1.29 is 17.9 Å². The molecule has 0 aliphatic heterocycles. The highest BCUT2D eigenvalue weighted by molar-refractivity contribution is 7.89. The Kier molecular flexibility index (Phi) is 4.23. The zero-order valence-corrected chi connectivity index (χ0v) is 11.6. The Morgan fingerprint density at radius 1 is 1.21 bits per heavy atom. The topological polar surface area (TPSA) is 57.6 Å². The van der Waals surface area contributed by atoms with Gasteiger partial charge in [-0.1, -0.05) is 12.8 Å². The van der Waals surface area contributed by atoms with E-state index in [9.17, 15) is 17.9 Å². The van der Waals surface area contributed by atoms with E-state index in [0.29, 0.717) is 12.8 Å². The molecule has 6 heteroatoms. The Balaban J connectivity index is 2.25. The van der Waals surface area contributed by atoms with Gasteiger partial charge in [-0.3, -0.25) is 0 Å². The summed E-state index contributed by atoms with van der Waals surface area (Å²) < 4.78 is 38.8. The van der Waals surface area contributed by atoms with Crippen molar-refractivity contribution in [1.82, 2.24) is 4.31 Å². The van der Waals surface area contributed by atoms with Crippen LogP contribution in [0.4, 0.5) is 4.39 Å². The number of sulfonamides is 1. The van der Waals surface area contributed by atoms with Crippen molar-refractivity contribution in [1.29, 1.82) is 0 Å². The third kappa shape index (κ3) is 2.96. The molecule has 2 rings (SSSR count). The van der Waals surface area contributed by atoms with Crippen LogP contribution >= 0.6 is 0 Å². The largest absolute Gasteiger partial charge is 0.391 e. The highest BCUT2D eigenvalue weighted by atomic mass is 32.2. The summed E-state index contributed by atoms with van der Waals surface area (Å²) in [6.07, 6.45) is 2.47. The van der Waals surface area contributed by atoms with E-state index in [1.54, 1.807) is 0 Å². The highest BCUT2D eigenvalue weighted by Gasteiger charge is 2.34. The standard InChI is InChI=1S/C13H18FNO3S/c1-15(12-4-2-3-5-13(12)16)19(17,18)11-8-6-10(14)7-9-11/h6-9,12-13,16H,2-5H2,1H3/t12-,13-/m1/s1. The maximum Gasteiger partial charge on any atom is 0.243 e. The lowest BCUT2D eigenvalue weighted by Crippen LogP contribution is -2.46. The van der Waals surface area contributed by atoms with Gasteiger partial charge in [0.25, 0.3) is 0 Å². The molecule has 0 spiro atoms. The van der Waals surface area contributed by atoms with Crippen molar-refractivity contribution in [2.24, 2.45) is 0 Å². The molecule has 1 aliphatic rings. The maximum absolute atomic E-state index is 12.8. The molecular formula is C13H18FNO3S. The quantitative estimate of drug-likeness (QED) is 0.921. The summed E-state index contributed by atoms with van der Waals surface area (Å²) in [4.78, 5) is 0.0502. The Morgan fingerprint density at radius 3 is 2.37 bits per heavy atom. The molecule has 4 nitrogen and oxygen atoms in total. The summed E-state index contributed by atoms with van der Waals surface area (Å²) in [5.74, 6) is -0.473. The van der Waals surface area contributed by atoms with Crippen LogP contribution in [0.5, 0.6) is 0 Å². The number of nitrogens with zero attached hydrogens (tertiary/aromatic N) is 1. The van der Waals surface area contributed by atoms with Gasteiger partial charge in [0.05, 0.1) is 17.0 Å². The van der Waals surface area contributed by atoms with Crippen LogP contribution in [-0.4, -0.2) is 37.0 Å². The normalized spacial score (nSPS) is 24.6. The van der Waals surface area contributed by atoms with Crippen LogP contribution in [0, 0.1) is 5.82 Å². The van der Waals surface area contributed by atoms with E-state index in [1.807, 2.05) is 0 Å². The van der Waals surface area contributed by atoms with Gasteiger partial charge in [0.15, 0.2) is 0 Å². The summed E-state index contributed by atoms with van der Waals surface area (Å²) in [6.45, 7) is 0. The first kappa shape index (κ1) is 14.4. The molecule has 0 heterocycles. The van der Waals surface area contributed by atoms with Crippen molar-refractivity contribution >= 4 is 10.0 Å². The first-order valence-electron chi connectivity index (χ1n) is 6.34. The zero-order valence-electron chi connectivity index (χ0n) is 10.8. The molecule has 0 unspecified atom stereocenters. The third-order valence-corrected chi connectivity index (χ3v) is 5.55. The molecule has 0 aromatic heterocycles. The molecule has 1 fully saturated rings. The molecule has 1 aromatic carbocycles. The van der Waals surface area contributed by atoms with Gasteiger partial charge in [-0.25, -0.2) is 12.8 Å². The summed E-state index contributed by atoms with van der Waals surface area (Å²) in [6, 6.07) is 4.34. The summed E-state index contributed by atoms with van der Waals surface area (Å²) in [5.41, 5.74) is 0. The molecule has 2 atom stereocenters. The molecule has 0 bridgehead atoms. The minimum Gasteiger partial charge on any atom is -0.391 e. The Morgan fingerprint density at radius 2 is 1.79 bits per heavy atom. The fraction of sp³-hybridized carbons (Fsp3) is 0.538. The van der Waals surface area contributed by atoms with Crippen molar-refractivity contribution in [3.05, 3.63) is 30.1 Å². The maximum atomic E-state index is 12.8. The fourth-order valence-electron chi connectivity index (χ4n) is 2.47. The SMILES string of the molecule is CN([C@@H]1CCCC[C@H]1O)S(=O)(=O)c1ccc(F)cc1. The average Bonchev–Trinajstić information content (AvgIpc) is 2.39. The van der Waals surface area contributed by atoms with Crippen molar-refractivity contribution in [2.45, 2.75) is 42.7 Å². The Labute approximate surface area is 112 Å². The lowest BCUT2D eigenvalue weighted by atomic mass is 9.93. The number of benzene rings is 1. The molecule has 19 heavy (non-hydrogen) atoms. The second kappa shape index (κ2) is 5.56. The number of aliphatic hydroxyl groups excluding tert-OH is 1. The van der Waals surface area contributed by atoms with Gasteiger partial charge in [0.1, 0.15) is 5.82 Å². The summed E-state index contributed by atoms with van der Waals surface area (Å²) >= 11 is 0. The van der Waals surface area contributed by atoms with E-state index in [2.05, 4.69) is 0 Å². The molecule has 1 aromatic rings. The number of rotatable bonds is 3. The van der Waals surface area contributed by atoms with Gasteiger partial charge in [-0.2, -0.15) is 4.31 Å². The molecule has 1 aliphatic carbocycles. The fourth-order valence-corrected chi connectivity index (χ4v) is 3.88. The van der Waals surface area contributed by atoms with E-state index in [4.69, 9.17) is 0 Å². The van der Waals surface area contributed by atoms with Gasteiger partial charge in [0.2, 0.25) is 10.0 Å². The smallest absolute Gasteiger partial charge is 0.243 e. The minimum atomic E-state index is -3.68. The van der Waals surface area contributed by atoms with Crippen molar-refractivity contribution in [2.75, 3.05) is 7.05 Å². The lowest BCUT2D eigenvalue weighted by molar-refractivity contribution is 0.0638. The van der Waals surface area contributed by atoms with Gasteiger partial charge in [0, 0.05) is 7.05 Å². The zero-order chi connectivity index (χ0) is 14.0. The molecule has 1 saturated carbocycles. The second-order valence-corrected chi connectivity index (χ2v) is 6.89. The highest BCUT2D eigenvalue weighted by Crippen LogP contribution is 2.26. The number of likely N-dealkylation sites (N-methyl/N-ethyl adjacent to an activating group) is 1. The minimum absolute atomic E-state index is 0.0502. The number of aliphatic hydroxyl groups is 1. The van der Waals surface area contributed by atoms with Gasteiger partial charge < -0.3 is 5.11 Å².